The third kappa shape index (κ3) is 4.00. The van der Waals surface area contributed by atoms with Gasteiger partial charge in [-0.1, -0.05) is 42.5 Å². The molecule has 4 aromatic rings. The van der Waals surface area contributed by atoms with Crippen LogP contribution >= 0.6 is 0 Å². The van der Waals surface area contributed by atoms with Crippen molar-refractivity contribution in [2.75, 3.05) is 11.9 Å². The molecule has 6 nitrogen and oxygen atoms in total. The van der Waals surface area contributed by atoms with Gasteiger partial charge in [-0.3, -0.25) is 4.98 Å². The number of ether oxygens (including phenoxy) is 1. The number of benzene rings is 2. The number of rotatable bonds is 6. The van der Waals surface area contributed by atoms with Crippen molar-refractivity contribution in [2.24, 2.45) is 0 Å². The van der Waals surface area contributed by atoms with Gasteiger partial charge in [0.1, 0.15) is 11.9 Å². The third-order valence-corrected chi connectivity index (χ3v) is 4.14. The van der Waals surface area contributed by atoms with Gasteiger partial charge in [0.25, 0.3) is 0 Å². The smallest absolute Gasteiger partial charge is 0.243 e. The van der Waals surface area contributed by atoms with Gasteiger partial charge >= 0.3 is 0 Å². The predicted octanol–water partition coefficient (Wildman–Crippen LogP) is 3.97. The highest BCUT2D eigenvalue weighted by Gasteiger charge is 2.09. The summed E-state index contributed by atoms with van der Waals surface area (Å²) in [5, 5.41) is 13.7. The Morgan fingerprint density at radius 1 is 1.00 bits per heavy atom. The molecule has 2 heterocycles. The molecule has 0 aliphatic heterocycles. The summed E-state index contributed by atoms with van der Waals surface area (Å²) in [6.07, 6.45) is 5.02. The van der Waals surface area contributed by atoms with Crippen molar-refractivity contribution >= 4 is 16.7 Å². The first-order chi connectivity index (χ1) is 13.3. The van der Waals surface area contributed by atoms with E-state index in [9.17, 15) is 0 Å². The number of aromatic nitrogens is 4. The van der Waals surface area contributed by atoms with Crippen molar-refractivity contribution in [1.29, 1.82) is 0 Å². The Bertz CT molecular complexity index is 1030. The number of nitrogens with zero attached hydrogens (tertiary/aromatic N) is 4. The summed E-state index contributed by atoms with van der Waals surface area (Å²) < 4.78 is 5.81. The van der Waals surface area contributed by atoms with E-state index in [0.717, 1.165) is 22.4 Å². The van der Waals surface area contributed by atoms with Crippen molar-refractivity contribution in [1.82, 2.24) is 20.2 Å². The SMILES string of the molecule is C[C@H](CNc1nncc(-c2cccc3ccccc23)n1)Oc1cccnc1. The molecule has 4 rings (SSSR count). The van der Waals surface area contributed by atoms with E-state index in [1.807, 2.05) is 43.3 Å². The van der Waals surface area contributed by atoms with E-state index in [4.69, 9.17) is 4.74 Å². The normalized spacial score (nSPS) is 11.9. The van der Waals surface area contributed by atoms with Crippen LogP contribution in [-0.2, 0) is 0 Å². The van der Waals surface area contributed by atoms with Crippen molar-refractivity contribution in [3.8, 4) is 17.0 Å². The predicted molar refractivity (Wildman–Crippen MR) is 106 cm³/mol. The molecule has 0 fully saturated rings. The molecule has 0 amide bonds. The molecular weight excluding hydrogens is 338 g/mol. The average Bonchev–Trinajstić information content (AvgIpc) is 2.73. The summed E-state index contributed by atoms with van der Waals surface area (Å²) in [4.78, 5) is 8.67. The summed E-state index contributed by atoms with van der Waals surface area (Å²) in [7, 11) is 0. The van der Waals surface area contributed by atoms with E-state index in [-0.39, 0.29) is 6.10 Å². The van der Waals surface area contributed by atoms with Crippen molar-refractivity contribution in [3.63, 3.8) is 0 Å². The maximum absolute atomic E-state index is 5.81. The zero-order valence-electron chi connectivity index (χ0n) is 14.9. The van der Waals surface area contributed by atoms with E-state index in [2.05, 4.69) is 43.7 Å². The molecule has 0 radical (unpaired) electrons. The topological polar surface area (TPSA) is 72.8 Å². The Labute approximate surface area is 157 Å². The third-order valence-electron chi connectivity index (χ3n) is 4.14. The summed E-state index contributed by atoms with van der Waals surface area (Å²) in [5.74, 6) is 1.21. The maximum atomic E-state index is 5.81. The highest BCUT2D eigenvalue weighted by molar-refractivity contribution is 5.95. The lowest BCUT2D eigenvalue weighted by atomic mass is 10.0. The number of pyridine rings is 1. The highest BCUT2D eigenvalue weighted by atomic mass is 16.5. The van der Waals surface area contributed by atoms with Crippen LogP contribution in [0.4, 0.5) is 5.95 Å². The Balaban J connectivity index is 1.49. The molecule has 2 aromatic carbocycles. The largest absolute Gasteiger partial charge is 0.487 e. The molecule has 6 heteroatoms. The molecule has 1 atom stereocenters. The Hall–Kier alpha value is -3.54. The van der Waals surface area contributed by atoms with Gasteiger partial charge in [0.15, 0.2) is 0 Å². The van der Waals surface area contributed by atoms with Gasteiger partial charge in [0, 0.05) is 11.8 Å². The van der Waals surface area contributed by atoms with Gasteiger partial charge < -0.3 is 10.1 Å². The molecule has 0 saturated heterocycles. The Morgan fingerprint density at radius 2 is 1.89 bits per heavy atom. The minimum Gasteiger partial charge on any atom is -0.487 e. The van der Waals surface area contributed by atoms with E-state index in [1.165, 1.54) is 5.39 Å². The van der Waals surface area contributed by atoms with Gasteiger partial charge in [-0.25, -0.2) is 4.98 Å². The monoisotopic (exact) mass is 357 g/mol. The van der Waals surface area contributed by atoms with E-state index in [0.29, 0.717) is 12.5 Å². The van der Waals surface area contributed by atoms with Gasteiger partial charge in [-0.15, -0.1) is 5.10 Å². The quantitative estimate of drug-likeness (QED) is 0.563. The first-order valence-corrected chi connectivity index (χ1v) is 8.78. The number of anilines is 1. The second-order valence-corrected chi connectivity index (χ2v) is 6.19. The molecule has 0 unspecified atom stereocenters. The molecule has 2 aromatic heterocycles. The standard InChI is InChI=1S/C21H19N5O/c1-15(27-17-8-5-11-22-13-17)12-23-21-25-20(14-24-26-21)19-10-4-7-16-6-2-3-9-18(16)19/h2-11,13-15H,12H2,1H3,(H,23,25,26)/t15-/m1/s1. The van der Waals surface area contributed by atoms with Crippen molar-refractivity contribution < 1.29 is 4.74 Å². The molecule has 0 aliphatic carbocycles. The fourth-order valence-corrected chi connectivity index (χ4v) is 2.88. The number of hydrogen-bond donors (Lipinski definition) is 1. The molecule has 0 spiro atoms. The van der Waals surface area contributed by atoms with Gasteiger partial charge in [-0.2, -0.15) is 5.10 Å². The molecule has 27 heavy (non-hydrogen) atoms. The molecule has 1 N–H and O–H groups in total. The molecule has 0 aliphatic rings. The van der Waals surface area contributed by atoms with Crippen LogP contribution in [-0.4, -0.2) is 32.8 Å². The lowest BCUT2D eigenvalue weighted by Gasteiger charge is -2.15. The number of hydrogen-bond acceptors (Lipinski definition) is 6. The number of fused-ring (bicyclic) bond motifs is 1. The van der Waals surface area contributed by atoms with Crippen molar-refractivity contribution in [2.45, 2.75) is 13.0 Å². The minimum absolute atomic E-state index is 0.0704. The fraction of sp³-hybridized carbons (Fsp3) is 0.143. The zero-order chi connectivity index (χ0) is 18.5. The van der Waals surface area contributed by atoms with Crippen LogP contribution in [0.2, 0.25) is 0 Å². The second-order valence-electron chi connectivity index (χ2n) is 6.19. The molecule has 0 bridgehead atoms. The molecule has 134 valence electrons. The van der Waals surface area contributed by atoms with Crippen LogP contribution in [0.1, 0.15) is 6.92 Å². The van der Waals surface area contributed by atoms with Crippen LogP contribution in [0, 0.1) is 0 Å². The summed E-state index contributed by atoms with van der Waals surface area (Å²) >= 11 is 0. The first-order valence-electron chi connectivity index (χ1n) is 8.78. The zero-order valence-corrected chi connectivity index (χ0v) is 14.9. The van der Waals surface area contributed by atoms with Crippen LogP contribution in [0.3, 0.4) is 0 Å². The van der Waals surface area contributed by atoms with Crippen molar-refractivity contribution in [3.05, 3.63) is 73.2 Å². The first kappa shape index (κ1) is 16.9. The Morgan fingerprint density at radius 3 is 2.78 bits per heavy atom. The highest BCUT2D eigenvalue weighted by Crippen LogP contribution is 2.26. The van der Waals surface area contributed by atoms with Crippen LogP contribution in [0.5, 0.6) is 5.75 Å². The summed E-state index contributed by atoms with van der Waals surface area (Å²) in [5.41, 5.74) is 1.82. The van der Waals surface area contributed by atoms with E-state index in [1.54, 1.807) is 18.6 Å². The van der Waals surface area contributed by atoms with Crippen LogP contribution in [0.25, 0.3) is 22.0 Å². The molecular formula is C21H19N5O. The van der Waals surface area contributed by atoms with Crippen LogP contribution in [0.15, 0.2) is 73.2 Å². The summed E-state index contributed by atoms with van der Waals surface area (Å²) in [6.45, 7) is 2.53. The lowest BCUT2D eigenvalue weighted by molar-refractivity contribution is 0.233. The maximum Gasteiger partial charge on any atom is 0.243 e. The second kappa shape index (κ2) is 7.78. The van der Waals surface area contributed by atoms with E-state index < -0.39 is 0 Å². The minimum atomic E-state index is -0.0704. The van der Waals surface area contributed by atoms with Gasteiger partial charge in [0.05, 0.1) is 24.6 Å². The van der Waals surface area contributed by atoms with Gasteiger partial charge in [-0.05, 0) is 29.8 Å². The lowest BCUT2D eigenvalue weighted by Crippen LogP contribution is -2.23. The van der Waals surface area contributed by atoms with Gasteiger partial charge in [0.2, 0.25) is 5.95 Å². The number of nitrogens with one attached hydrogen (secondary N) is 1. The molecule has 0 saturated carbocycles. The average molecular weight is 357 g/mol. The van der Waals surface area contributed by atoms with Crippen LogP contribution < -0.4 is 10.1 Å². The van der Waals surface area contributed by atoms with E-state index >= 15 is 0 Å². The Kier molecular flexibility index (Phi) is 4.87. The fourth-order valence-electron chi connectivity index (χ4n) is 2.88. The summed E-state index contributed by atoms with van der Waals surface area (Å²) in [6, 6.07) is 18.1.